The number of rotatable bonds is 1. The molecule has 2 rings (SSSR count). The van der Waals surface area contributed by atoms with Crippen molar-refractivity contribution in [2.45, 2.75) is 23.6 Å². The highest BCUT2D eigenvalue weighted by atomic mass is 32.2. The average Bonchev–Trinajstić information content (AvgIpc) is 2.36. The summed E-state index contributed by atoms with van der Waals surface area (Å²) in [5.74, 6) is 0.907. The van der Waals surface area contributed by atoms with Gasteiger partial charge in [-0.25, -0.2) is 0 Å². The summed E-state index contributed by atoms with van der Waals surface area (Å²) in [7, 11) is 1.69. The molecular weight excluding hydrogens is 182 g/mol. The molecule has 13 heavy (non-hydrogen) atoms. The van der Waals surface area contributed by atoms with Crippen LogP contribution in [0.2, 0.25) is 0 Å². The molecule has 1 heterocycles. The highest BCUT2D eigenvalue weighted by Crippen LogP contribution is 2.45. The molecular formula is C10H13NOS. The Morgan fingerprint density at radius 3 is 2.85 bits per heavy atom. The number of benzene rings is 1. The highest BCUT2D eigenvalue weighted by Gasteiger charge is 2.28. The molecule has 1 aliphatic rings. The van der Waals surface area contributed by atoms with E-state index in [0.29, 0.717) is 0 Å². The summed E-state index contributed by atoms with van der Waals surface area (Å²) in [6, 6.07) is 6.13. The van der Waals surface area contributed by atoms with Gasteiger partial charge in [0.25, 0.3) is 0 Å². The van der Waals surface area contributed by atoms with Crippen LogP contribution in [0.15, 0.2) is 23.1 Å². The maximum absolute atomic E-state index is 5.16. The van der Waals surface area contributed by atoms with E-state index < -0.39 is 0 Å². The molecule has 0 amide bonds. The third-order valence-electron chi connectivity index (χ3n) is 1.99. The van der Waals surface area contributed by atoms with Crippen LogP contribution in [0.25, 0.3) is 0 Å². The number of anilines is 1. The predicted molar refractivity (Wildman–Crippen MR) is 56.6 cm³/mol. The molecule has 70 valence electrons. The maximum Gasteiger partial charge on any atom is 0.121 e. The maximum atomic E-state index is 5.16. The van der Waals surface area contributed by atoms with E-state index in [9.17, 15) is 0 Å². The van der Waals surface area contributed by atoms with Gasteiger partial charge in [-0.3, -0.25) is 0 Å². The van der Waals surface area contributed by atoms with Gasteiger partial charge in [-0.05, 0) is 26.0 Å². The second-order valence-electron chi connectivity index (χ2n) is 3.60. The van der Waals surface area contributed by atoms with Crippen molar-refractivity contribution in [1.82, 2.24) is 0 Å². The number of hydrogen-bond acceptors (Lipinski definition) is 3. The Balaban J connectivity index is 2.36. The Morgan fingerprint density at radius 2 is 2.15 bits per heavy atom. The molecule has 0 saturated heterocycles. The summed E-state index contributed by atoms with van der Waals surface area (Å²) in [4.78, 5) is 1.40. The van der Waals surface area contributed by atoms with E-state index in [1.165, 1.54) is 10.6 Å². The molecule has 0 aliphatic carbocycles. The van der Waals surface area contributed by atoms with Crippen LogP contribution in [-0.4, -0.2) is 12.0 Å². The van der Waals surface area contributed by atoms with E-state index in [-0.39, 0.29) is 4.87 Å². The first-order valence-corrected chi connectivity index (χ1v) is 5.08. The minimum Gasteiger partial charge on any atom is -0.497 e. The van der Waals surface area contributed by atoms with Gasteiger partial charge in [0.15, 0.2) is 0 Å². The molecule has 1 N–H and O–H groups in total. The van der Waals surface area contributed by atoms with Gasteiger partial charge in [-0.2, -0.15) is 0 Å². The monoisotopic (exact) mass is 195 g/mol. The number of ether oxygens (including phenoxy) is 1. The van der Waals surface area contributed by atoms with Crippen LogP contribution in [-0.2, 0) is 0 Å². The van der Waals surface area contributed by atoms with Crippen molar-refractivity contribution in [3.05, 3.63) is 18.2 Å². The first-order valence-electron chi connectivity index (χ1n) is 4.26. The van der Waals surface area contributed by atoms with E-state index in [4.69, 9.17) is 4.74 Å². The molecule has 0 radical (unpaired) electrons. The zero-order valence-corrected chi connectivity index (χ0v) is 8.87. The fourth-order valence-corrected chi connectivity index (χ4v) is 2.51. The lowest BCUT2D eigenvalue weighted by molar-refractivity contribution is 0.414. The Kier molecular flexibility index (Phi) is 1.91. The zero-order chi connectivity index (χ0) is 9.47. The normalized spacial score (nSPS) is 17.8. The van der Waals surface area contributed by atoms with Crippen LogP contribution in [0.3, 0.4) is 0 Å². The molecule has 0 saturated carbocycles. The average molecular weight is 195 g/mol. The van der Waals surface area contributed by atoms with Crippen LogP contribution in [0.5, 0.6) is 5.75 Å². The fraction of sp³-hybridized carbons (Fsp3) is 0.400. The van der Waals surface area contributed by atoms with Gasteiger partial charge >= 0.3 is 0 Å². The largest absolute Gasteiger partial charge is 0.497 e. The van der Waals surface area contributed by atoms with Crippen LogP contribution < -0.4 is 10.1 Å². The van der Waals surface area contributed by atoms with Gasteiger partial charge in [-0.1, -0.05) is 11.8 Å². The summed E-state index contributed by atoms with van der Waals surface area (Å²) in [5, 5.41) is 3.43. The first-order chi connectivity index (χ1) is 6.11. The smallest absolute Gasteiger partial charge is 0.121 e. The minimum atomic E-state index is 0.106. The zero-order valence-electron chi connectivity index (χ0n) is 8.05. The Labute approximate surface area is 82.7 Å². The summed E-state index contributed by atoms with van der Waals surface area (Å²) in [6.07, 6.45) is 0. The Hall–Kier alpha value is -0.830. The van der Waals surface area contributed by atoms with Gasteiger partial charge in [0, 0.05) is 11.0 Å². The number of methoxy groups -OCH3 is 1. The number of nitrogens with one attached hydrogen (secondary N) is 1. The number of thioether (sulfide) groups is 1. The van der Waals surface area contributed by atoms with Gasteiger partial charge in [0.1, 0.15) is 5.75 Å². The summed E-state index contributed by atoms with van der Waals surface area (Å²) in [5.41, 5.74) is 1.18. The van der Waals surface area contributed by atoms with Crippen molar-refractivity contribution >= 4 is 17.4 Å². The molecule has 1 aromatic carbocycles. The Bertz CT molecular complexity index is 336. The van der Waals surface area contributed by atoms with Crippen molar-refractivity contribution in [3.63, 3.8) is 0 Å². The quantitative estimate of drug-likeness (QED) is 0.744. The number of fused-ring (bicyclic) bond motifs is 1. The van der Waals surface area contributed by atoms with Gasteiger partial charge in [0.05, 0.1) is 17.7 Å². The van der Waals surface area contributed by atoms with Crippen molar-refractivity contribution < 1.29 is 4.74 Å². The van der Waals surface area contributed by atoms with Crippen molar-refractivity contribution in [3.8, 4) is 5.75 Å². The molecule has 0 aromatic heterocycles. The third kappa shape index (κ3) is 1.61. The van der Waals surface area contributed by atoms with E-state index in [1.807, 2.05) is 23.9 Å². The molecule has 1 aromatic rings. The van der Waals surface area contributed by atoms with Crippen LogP contribution >= 0.6 is 11.8 Å². The lowest BCUT2D eigenvalue weighted by atomic mass is 10.2. The topological polar surface area (TPSA) is 21.3 Å². The molecule has 0 atom stereocenters. The molecule has 0 unspecified atom stereocenters. The van der Waals surface area contributed by atoms with Crippen LogP contribution in [0.1, 0.15) is 13.8 Å². The summed E-state index contributed by atoms with van der Waals surface area (Å²) >= 11 is 1.85. The lowest BCUT2D eigenvalue weighted by Gasteiger charge is -2.16. The van der Waals surface area contributed by atoms with Gasteiger partial charge in [0.2, 0.25) is 0 Å². The van der Waals surface area contributed by atoms with Crippen molar-refractivity contribution in [2.24, 2.45) is 0 Å². The molecule has 2 nitrogen and oxygen atoms in total. The van der Waals surface area contributed by atoms with E-state index >= 15 is 0 Å². The Morgan fingerprint density at radius 1 is 1.38 bits per heavy atom. The van der Waals surface area contributed by atoms with Crippen molar-refractivity contribution in [2.75, 3.05) is 12.4 Å². The van der Waals surface area contributed by atoms with E-state index in [1.54, 1.807) is 7.11 Å². The number of hydrogen-bond donors (Lipinski definition) is 1. The third-order valence-corrected chi connectivity index (χ3v) is 3.18. The SMILES string of the molecule is COc1ccc2c(c1)NC(C)(C)S2. The fourth-order valence-electron chi connectivity index (χ4n) is 1.45. The standard InChI is InChI=1S/C10H13NOS/c1-10(2)11-8-6-7(12-3)4-5-9(8)13-10/h4-6,11H,1-3H3. The second-order valence-corrected chi connectivity index (χ2v) is 5.26. The molecule has 3 heteroatoms. The molecule has 0 spiro atoms. The minimum absolute atomic E-state index is 0.106. The van der Waals surface area contributed by atoms with Crippen LogP contribution in [0.4, 0.5) is 5.69 Å². The lowest BCUT2D eigenvalue weighted by Crippen LogP contribution is -2.20. The highest BCUT2D eigenvalue weighted by molar-refractivity contribution is 8.01. The van der Waals surface area contributed by atoms with E-state index in [0.717, 1.165) is 5.75 Å². The summed E-state index contributed by atoms with van der Waals surface area (Å²) in [6.45, 7) is 4.34. The van der Waals surface area contributed by atoms with Crippen LogP contribution in [0, 0.1) is 0 Å². The predicted octanol–water partition coefficient (Wildman–Crippen LogP) is 2.95. The summed E-state index contributed by atoms with van der Waals surface area (Å²) < 4.78 is 5.16. The van der Waals surface area contributed by atoms with Crippen molar-refractivity contribution in [1.29, 1.82) is 0 Å². The van der Waals surface area contributed by atoms with E-state index in [2.05, 4.69) is 25.2 Å². The molecule has 0 bridgehead atoms. The second kappa shape index (κ2) is 2.84. The molecule has 1 aliphatic heterocycles. The van der Waals surface area contributed by atoms with Gasteiger partial charge in [-0.15, -0.1) is 0 Å². The first kappa shape index (κ1) is 8.75. The molecule has 0 fully saturated rings. The van der Waals surface area contributed by atoms with Gasteiger partial charge < -0.3 is 10.1 Å².